The van der Waals surface area contributed by atoms with E-state index in [1.54, 1.807) is 0 Å². The van der Waals surface area contributed by atoms with Crippen molar-refractivity contribution in [3.63, 3.8) is 0 Å². The lowest BCUT2D eigenvalue weighted by atomic mass is 10.1. The molecule has 0 unspecified atom stereocenters. The maximum absolute atomic E-state index is 11.0. The highest BCUT2D eigenvalue weighted by Crippen LogP contribution is 2.37. The number of nitrogens with zero attached hydrogens (tertiary/aromatic N) is 1. The predicted octanol–water partition coefficient (Wildman–Crippen LogP) is 0.675. The molecular weight excluding hydrogens is 244 g/mol. The van der Waals surface area contributed by atoms with Crippen LogP contribution in [0.2, 0.25) is 0 Å². The molecule has 5 nitrogen and oxygen atoms in total. The molecule has 2 aliphatic heterocycles. The molecule has 0 atom stereocenters. The lowest BCUT2D eigenvalue weighted by Crippen LogP contribution is -2.43. The molecule has 5 heteroatoms. The summed E-state index contributed by atoms with van der Waals surface area (Å²) in [5, 5.41) is 3.34. The minimum atomic E-state index is 0.505. The number of fused-ring (bicyclic) bond motifs is 1. The van der Waals surface area contributed by atoms with Crippen LogP contribution in [-0.4, -0.2) is 50.6 Å². The smallest absolute Gasteiger partial charge is 0.172 e. The molecule has 102 valence electrons. The van der Waals surface area contributed by atoms with Crippen molar-refractivity contribution in [2.45, 2.75) is 6.54 Å². The Balaban J connectivity index is 1.86. The Morgan fingerprint density at radius 1 is 1.16 bits per heavy atom. The number of carbonyl (C=O) groups is 1. The van der Waals surface area contributed by atoms with E-state index in [4.69, 9.17) is 9.47 Å². The van der Waals surface area contributed by atoms with Crippen LogP contribution in [0.5, 0.6) is 11.5 Å². The van der Waals surface area contributed by atoms with Crippen molar-refractivity contribution in [3.05, 3.63) is 23.3 Å². The number of hydrogen-bond donors (Lipinski definition) is 1. The summed E-state index contributed by atoms with van der Waals surface area (Å²) in [6.07, 6.45) is 0.822. The van der Waals surface area contributed by atoms with Gasteiger partial charge in [0.2, 0.25) is 0 Å². The Morgan fingerprint density at radius 3 is 2.63 bits per heavy atom. The van der Waals surface area contributed by atoms with Gasteiger partial charge in [-0.3, -0.25) is 9.69 Å². The molecule has 2 aliphatic rings. The molecule has 1 aromatic carbocycles. The van der Waals surface area contributed by atoms with Crippen molar-refractivity contribution in [2.24, 2.45) is 0 Å². The Hall–Kier alpha value is -1.59. The maximum atomic E-state index is 11.0. The average molecular weight is 262 g/mol. The highest BCUT2D eigenvalue weighted by Gasteiger charge is 2.21. The second kappa shape index (κ2) is 5.59. The summed E-state index contributed by atoms with van der Waals surface area (Å²) in [4.78, 5) is 13.4. The number of aldehydes is 1. The van der Waals surface area contributed by atoms with Gasteiger partial charge >= 0.3 is 0 Å². The van der Waals surface area contributed by atoms with Crippen molar-refractivity contribution < 1.29 is 14.3 Å². The van der Waals surface area contributed by atoms with Gasteiger partial charge in [-0.05, 0) is 6.07 Å². The van der Waals surface area contributed by atoms with Gasteiger partial charge in [-0.2, -0.15) is 0 Å². The summed E-state index contributed by atoms with van der Waals surface area (Å²) in [6, 6.07) is 3.79. The van der Waals surface area contributed by atoms with Gasteiger partial charge in [0.05, 0.1) is 5.56 Å². The molecule has 1 fully saturated rings. The molecule has 1 saturated heterocycles. The molecule has 0 spiro atoms. The minimum Gasteiger partial charge on any atom is -0.486 e. The quantitative estimate of drug-likeness (QED) is 0.812. The lowest BCUT2D eigenvalue weighted by molar-refractivity contribution is 0.111. The minimum absolute atomic E-state index is 0.505. The second-order valence-corrected chi connectivity index (χ2v) is 4.81. The number of rotatable bonds is 3. The van der Waals surface area contributed by atoms with E-state index < -0.39 is 0 Å². The first-order valence-corrected chi connectivity index (χ1v) is 6.68. The normalized spacial score (nSPS) is 19.2. The van der Waals surface area contributed by atoms with Crippen LogP contribution in [0.25, 0.3) is 0 Å². The van der Waals surface area contributed by atoms with Crippen LogP contribution in [0.1, 0.15) is 15.9 Å². The van der Waals surface area contributed by atoms with E-state index in [0.717, 1.165) is 50.3 Å². The van der Waals surface area contributed by atoms with Crippen LogP contribution in [0, 0.1) is 0 Å². The van der Waals surface area contributed by atoms with Crippen LogP contribution < -0.4 is 14.8 Å². The predicted molar refractivity (Wildman–Crippen MR) is 71.0 cm³/mol. The van der Waals surface area contributed by atoms with Gasteiger partial charge in [0, 0.05) is 38.3 Å². The molecule has 1 N–H and O–H groups in total. The molecule has 0 aliphatic carbocycles. The van der Waals surface area contributed by atoms with E-state index in [0.29, 0.717) is 24.5 Å². The van der Waals surface area contributed by atoms with Gasteiger partial charge in [0.1, 0.15) is 13.2 Å². The van der Waals surface area contributed by atoms with Crippen LogP contribution in [-0.2, 0) is 6.54 Å². The van der Waals surface area contributed by atoms with Gasteiger partial charge in [-0.1, -0.05) is 6.07 Å². The first kappa shape index (κ1) is 12.4. The third kappa shape index (κ3) is 2.57. The number of carbonyl (C=O) groups excluding carboxylic acids is 1. The fraction of sp³-hybridized carbons (Fsp3) is 0.500. The summed E-state index contributed by atoms with van der Waals surface area (Å²) < 4.78 is 11.3. The highest BCUT2D eigenvalue weighted by molar-refractivity contribution is 5.82. The zero-order chi connectivity index (χ0) is 13.1. The van der Waals surface area contributed by atoms with Gasteiger partial charge in [0.25, 0.3) is 0 Å². The summed E-state index contributed by atoms with van der Waals surface area (Å²) in [5.41, 5.74) is 1.67. The summed E-state index contributed by atoms with van der Waals surface area (Å²) >= 11 is 0. The van der Waals surface area contributed by atoms with E-state index in [-0.39, 0.29) is 0 Å². The number of benzene rings is 1. The van der Waals surface area contributed by atoms with Crippen molar-refractivity contribution in [1.29, 1.82) is 0 Å². The van der Waals surface area contributed by atoms with Crippen LogP contribution in [0.4, 0.5) is 0 Å². The van der Waals surface area contributed by atoms with Gasteiger partial charge < -0.3 is 14.8 Å². The molecule has 0 saturated carbocycles. The first-order valence-electron chi connectivity index (χ1n) is 6.68. The number of hydrogen-bond acceptors (Lipinski definition) is 5. The van der Waals surface area contributed by atoms with Gasteiger partial charge in [-0.15, -0.1) is 0 Å². The molecule has 3 rings (SSSR count). The number of ether oxygens (including phenoxy) is 2. The molecule has 0 bridgehead atoms. The van der Waals surface area contributed by atoms with E-state index in [9.17, 15) is 4.79 Å². The monoisotopic (exact) mass is 262 g/mol. The Morgan fingerprint density at radius 2 is 1.89 bits per heavy atom. The number of piperazine rings is 1. The molecular formula is C14H18N2O3. The first-order chi connectivity index (χ1) is 9.38. The highest BCUT2D eigenvalue weighted by atomic mass is 16.6. The van der Waals surface area contributed by atoms with Crippen molar-refractivity contribution >= 4 is 6.29 Å². The summed E-state index contributed by atoms with van der Waals surface area (Å²) in [7, 11) is 0. The van der Waals surface area contributed by atoms with E-state index in [1.165, 1.54) is 0 Å². The third-order valence-electron chi connectivity index (χ3n) is 3.53. The average Bonchev–Trinajstić information content (AvgIpc) is 2.49. The molecule has 2 heterocycles. The SMILES string of the molecule is O=Cc1ccc(CN2CCNCC2)c2c1OCCO2. The Kier molecular flexibility index (Phi) is 3.66. The largest absolute Gasteiger partial charge is 0.486 e. The van der Waals surface area contributed by atoms with E-state index >= 15 is 0 Å². The molecule has 1 aromatic rings. The van der Waals surface area contributed by atoms with Crippen molar-refractivity contribution in [3.8, 4) is 11.5 Å². The van der Waals surface area contributed by atoms with E-state index in [1.807, 2.05) is 12.1 Å². The molecule has 0 radical (unpaired) electrons. The summed E-state index contributed by atoms with van der Waals surface area (Å²) in [6.45, 7) is 6.00. The van der Waals surface area contributed by atoms with Crippen LogP contribution in [0.15, 0.2) is 12.1 Å². The van der Waals surface area contributed by atoms with Gasteiger partial charge in [-0.25, -0.2) is 0 Å². The number of nitrogens with one attached hydrogen (secondary N) is 1. The van der Waals surface area contributed by atoms with Gasteiger partial charge in [0.15, 0.2) is 17.8 Å². The second-order valence-electron chi connectivity index (χ2n) is 4.81. The van der Waals surface area contributed by atoms with Crippen molar-refractivity contribution in [1.82, 2.24) is 10.2 Å². The topological polar surface area (TPSA) is 50.8 Å². The van der Waals surface area contributed by atoms with Crippen molar-refractivity contribution in [2.75, 3.05) is 39.4 Å². The Bertz CT molecular complexity index is 470. The third-order valence-corrected chi connectivity index (χ3v) is 3.53. The zero-order valence-electron chi connectivity index (χ0n) is 10.9. The Labute approximate surface area is 112 Å². The lowest BCUT2D eigenvalue weighted by Gasteiger charge is -2.29. The molecule has 19 heavy (non-hydrogen) atoms. The fourth-order valence-electron chi connectivity index (χ4n) is 2.54. The maximum Gasteiger partial charge on any atom is 0.172 e. The molecule has 0 aromatic heterocycles. The standard InChI is InChI=1S/C14H18N2O3/c17-10-12-2-1-11(9-16-5-3-15-4-6-16)13-14(12)19-8-7-18-13/h1-2,10,15H,3-9H2. The fourth-order valence-corrected chi connectivity index (χ4v) is 2.54. The van der Waals surface area contributed by atoms with Crippen LogP contribution in [0.3, 0.4) is 0 Å². The van der Waals surface area contributed by atoms with E-state index in [2.05, 4.69) is 10.2 Å². The van der Waals surface area contributed by atoms with Crippen LogP contribution >= 0.6 is 0 Å². The summed E-state index contributed by atoms with van der Waals surface area (Å²) in [5.74, 6) is 1.35. The zero-order valence-corrected chi connectivity index (χ0v) is 10.9. The molecule has 0 amide bonds.